The van der Waals surface area contributed by atoms with Crippen molar-refractivity contribution in [3.8, 4) is 0 Å². The van der Waals surface area contributed by atoms with Crippen molar-refractivity contribution in [3.05, 3.63) is 35.4 Å². The van der Waals surface area contributed by atoms with Crippen LogP contribution in [0, 0.1) is 0 Å². The van der Waals surface area contributed by atoms with Crippen LogP contribution in [-0.4, -0.2) is 30.1 Å². The van der Waals surface area contributed by atoms with Crippen molar-refractivity contribution in [1.82, 2.24) is 0 Å². The lowest BCUT2D eigenvalue weighted by atomic mass is 10.1. The normalized spacial score (nSPS) is 14.4. The fourth-order valence-corrected chi connectivity index (χ4v) is 1.58. The number of ether oxygens (including phenoxy) is 1. The molecule has 1 aliphatic heterocycles. The molecule has 0 saturated heterocycles. The highest BCUT2D eigenvalue weighted by atomic mass is 16.5. The lowest BCUT2D eigenvalue weighted by molar-refractivity contribution is -0.136. The van der Waals surface area contributed by atoms with E-state index in [2.05, 4.69) is 4.99 Å². The molecule has 0 fully saturated rings. The Morgan fingerprint density at radius 1 is 1.38 bits per heavy atom. The Labute approximate surface area is 93.6 Å². The van der Waals surface area contributed by atoms with Crippen molar-refractivity contribution < 1.29 is 14.6 Å². The summed E-state index contributed by atoms with van der Waals surface area (Å²) in [5, 5.41) is 8.56. The van der Waals surface area contributed by atoms with Gasteiger partial charge in [0.1, 0.15) is 6.61 Å². The van der Waals surface area contributed by atoms with Gasteiger partial charge < -0.3 is 9.84 Å². The second kappa shape index (κ2) is 4.79. The minimum absolute atomic E-state index is 0.163. The molecule has 16 heavy (non-hydrogen) atoms. The number of aryl methyl sites for hydroxylation is 1. The van der Waals surface area contributed by atoms with E-state index in [1.165, 1.54) is 0 Å². The first-order valence-electron chi connectivity index (χ1n) is 5.24. The second-order valence-electron chi connectivity index (χ2n) is 3.63. The van der Waals surface area contributed by atoms with Crippen LogP contribution in [0.4, 0.5) is 0 Å². The van der Waals surface area contributed by atoms with Gasteiger partial charge in [0.15, 0.2) is 0 Å². The predicted octanol–water partition coefficient (Wildman–Crippen LogP) is 1.48. The van der Waals surface area contributed by atoms with Crippen LogP contribution < -0.4 is 0 Å². The predicted molar refractivity (Wildman–Crippen MR) is 59.8 cm³/mol. The molecular formula is C12H13NO3. The second-order valence-corrected chi connectivity index (χ2v) is 3.63. The highest BCUT2D eigenvalue weighted by molar-refractivity contribution is 5.94. The Bertz CT molecular complexity index is 409. The number of carbonyl (C=O) groups is 1. The smallest absolute Gasteiger partial charge is 0.303 e. The lowest BCUT2D eigenvalue weighted by Crippen LogP contribution is -2.01. The zero-order chi connectivity index (χ0) is 11.4. The summed E-state index contributed by atoms with van der Waals surface area (Å²) in [4.78, 5) is 14.6. The van der Waals surface area contributed by atoms with E-state index in [4.69, 9.17) is 9.84 Å². The van der Waals surface area contributed by atoms with Crippen LogP contribution in [0.15, 0.2) is 29.3 Å². The molecule has 0 atom stereocenters. The zero-order valence-electron chi connectivity index (χ0n) is 8.85. The maximum absolute atomic E-state index is 10.4. The van der Waals surface area contributed by atoms with Crippen LogP contribution in [0.25, 0.3) is 0 Å². The van der Waals surface area contributed by atoms with Crippen LogP contribution in [0.3, 0.4) is 0 Å². The largest absolute Gasteiger partial charge is 0.481 e. The number of rotatable bonds is 4. The van der Waals surface area contributed by atoms with Gasteiger partial charge in [0.25, 0.3) is 0 Å². The fraction of sp³-hybridized carbons (Fsp3) is 0.333. The Morgan fingerprint density at radius 2 is 2.12 bits per heavy atom. The number of aliphatic carboxylic acids is 1. The molecule has 0 bridgehead atoms. The summed E-state index contributed by atoms with van der Waals surface area (Å²) < 4.78 is 5.33. The Morgan fingerprint density at radius 3 is 2.69 bits per heavy atom. The van der Waals surface area contributed by atoms with Crippen molar-refractivity contribution in [2.75, 3.05) is 13.2 Å². The topological polar surface area (TPSA) is 58.9 Å². The number of carboxylic acids is 1. The van der Waals surface area contributed by atoms with Gasteiger partial charge in [-0.15, -0.1) is 0 Å². The van der Waals surface area contributed by atoms with Crippen molar-refractivity contribution in [3.63, 3.8) is 0 Å². The molecule has 0 aliphatic carbocycles. The Hall–Kier alpha value is -1.84. The van der Waals surface area contributed by atoms with Gasteiger partial charge >= 0.3 is 5.97 Å². The number of nitrogens with zero attached hydrogens (tertiary/aromatic N) is 1. The number of carboxylic acid groups (broad SMARTS) is 1. The van der Waals surface area contributed by atoms with Crippen molar-refractivity contribution in [1.29, 1.82) is 0 Å². The van der Waals surface area contributed by atoms with E-state index in [0.29, 0.717) is 18.9 Å². The molecule has 1 aromatic rings. The lowest BCUT2D eigenvalue weighted by Gasteiger charge is -2.03. The molecule has 4 nitrogen and oxygen atoms in total. The van der Waals surface area contributed by atoms with E-state index >= 15 is 0 Å². The SMILES string of the molecule is O=C(O)CCc1ccc(C2=NCCO2)cc1. The first-order valence-corrected chi connectivity index (χ1v) is 5.24. The summed E-state index contributed by atoms with van der Waals surface area (Å²) in [7, 11) is 0. The molecule has 4 heteroatoms. The first-order chi connectivity index (χ1) is 7.75. The molecule has 1 heterocycles. The van der Waals surface area contributed by atoms with Crippen molar-refractivity contribution in [2.45, 2.75) is 12.8 Å². The van der Waals surface area contributed by atoms with Gasteiger partial charge in [0.2, 0.25) is 5.90 Å². The van der Waals surface area contributed by atoms with E-state index < -0.39 is 5.97 Å². The maximum atomic E-state index is 10.4. The Balaban J connectivity index is 2.01. The monoisotopic (exact) mass is 219 g/mol. The van der Waals surface area contributed by atoms with Crippen LogP contribution in [0.2, 0.25) is 0 Å². The van der Waals surface area contributed by atoms with Gasteiger partial charge in [0.05, 0.1) is 6.54 Å². The van der Waals surface area contributed by atoms with Crippen LogP contribution >= 0.6 is 0 Å². The van der Waals surface area contributed by atoms with Crippen LogP contribution in [0.5, 0.6) is 0 Å². The van der Waals surface area contributed by atoms with Gasteiger partial charge in [-0.05, 0) is 24.1 Å². The third kappa shape index (κ3) is 2.59. The maximum Gasteiger partial charge on any atom is 0.303 e. The molecule has 1 aliphatic rings. The molecular weight excluding hydrogens is 206 g/mol. The molecule has 0 spiro atoms. The molecule has 84 valence electrons. The molecule has 1 aromatic carbocycles. The third-order valence-corrected chi connectivity index (χ3v) is 2.41. The van der Waals surface area contributed by atoms with E-state index in [9.17, 15) is 4.79 Å². The summed E-state index contributed by atoms with van der Waals surface area (Å²) in [6.45, 7) is 1.37. The number of aliphatic imine (C=N–C) groups is 1. The zero-order valence-corrected chi connectivity index (χ0v) is 8.85. The molecule has 0 radical (unpaired) electrons. The van der Waals surface area contributed by atoms with Gasteiger partial charge in [-0.3, -0.25) is 4.79 Å². The quantitative estimate of drug-likeness (QED) is 0.834. The Kier molecular flexibility index (Phi) is 3.19. The summed E-state index contributed by atoms with van der Waals surface area (Å²) in [6.07, 6.45) is 0.722. The summed E-state index contributed by atoms with van der Waals surface area (Å²) in [6, 6.07) is 7.67. The number of hydrogen-bond donors (Lipinski definition) is 1. The molecule has 0 aromatic heterocycles. The molecule has 0 unspecified atom stereocenters. The highest BCUT2D eigenvalue weighted by Crippen LogP contribution is 2.10. The van der Waals surface area contributed by atoms with Crippen LogP contribution in [-0.2, 0) is 16.0 Å². The standard InChI is InChI=1S/C12H13NO3/c14-11(15)6-3-9-1-4-10(5-2-9)12-13-7-8-16-12/h1-2,4-5H,3,6-8H2,(H,14,15). The van der Waals surface area contributed by atoms with Gasteiger partial charge in [-0.1, -0.05) is 12.1 Å². The van der Waals surface area contributed by atoms with E-state index in [0.717, 1.165) is 17.7 Å². The van der Waals surface area contributed by atoms with Crippen molar-refractivity contribution >= 4 is 11.9 Å². The molecule has 1 N–H and O–H groups in total. The fourth-order valence-electron chi connectivity index (χ4n) is 1.58. The summed E-state index contributed by atoms with van der Waals surface area (Å²) in [5.41, 5.74) is 1.97. The molecule has 0 amide bonds. The molecule has 0 saturated carbocycles. The van der Waals surface area contributed by atoms with Gasteiger partial charge in [-0.25, -0.2) is 4.99 Å². The minimum Gasteiger partial charge on any atom is -0.481 e. The number of hydrogen-bond acceptors (Lipinski definition) is 3. The third-order valence-electron chi connectivity index (χ3n) is 2.41. The van der Waals surface area contributed by atoms with Crippen molar-refractivity contribution in [2.24, 2.45) is 4.99 Å². The first kappa shape index (κ1) is 10.7. The summed E-state index contributed by atoms with van der Waals surface area (Å²) >= 11 is 0. The average molecular weight is 219 g/mol. The van der Waals surface area contributed by atoms with Gasteiger partial charge in [-0.2, -0.15) is 0 Å². The summed E-state index contributed by atoms with van der Waals surface area (Å²) in [5.74, 6) is -0.0858. The van der Waals surface area contributed by atoms with E-state index in [1.54, 1.807) is 0 Å². The number of benzene rings is 1. The average Bonchev–Trinajstić information content (AvgIpc) is 2.80. The molecule has 2 rings (SSSR count). The highest BCUT2D eigenvalue weighted by Gasteiger charge is 2.09. The van der Waals surface area contributed by atoms with Gasteiger partial charge in [0, 0.05) is 12.0 Å². The van der Waals surface area contributed by atoms with Crippen LogP contribution in [0.1, 0.15) is 17.5 Å². The van der Waals surface area contributed by atoms with E-state index in [-0.39, 0.29) is 6.42 Å². The minimum atomic E-state index is -0.771. The van der Waals surface area contributed by atoms with E-state index in [1.807, 2.05) is 24.3 Å².